The monoisotopic (exact) mass is 383 g/mol. The maximum Gasteiger partial charge on any atom is 0.280 e. The molecule has 0 N–H and O–H groups in total. The van der Waals surface area contributed by atoms with Gasteiger partial charge in [-0.3, -0.25) is 10.1 Å². The standard InChI is InChI=1S/C19H30BrNO2/c1-17-10-4-3-5-13(17)6-7-14-15(17)8-11-18(2)16(14)9-12-19(18,20)21(22)23/h13-16H,3-12H2,1-2H3. The molecule has 4 aliphatic carbocycles. The lowest BCUT2D eigenvalue weighted by Crippen LogP contribution is -2.56. The molecule has 4 rings (SSSR count). The number of fused-ring (bicyclic) bond motifs is 5. The maximum atomic E-state index is 11.8. The second kappa shape index (κ2) is 5.19. The number of hydrogen-bond acceptors (Lipinski definition) is 2. The Hall–Kier alpha value is -0.120. The summed E-state index contributed by atoms with van der Waals surface area (Å²) in [7, 11) is 0. The molecule has 7 atom stereocenters. The predicted molar refractivity (Wildman–Crippen MR) is 95.0 cm³/mol. The van der Waals surface area contributed by atoms with Gasteiger partial charge < -0.3 is 0 Å². The molecule has 0 radical (unpaired) electrons. The molecule has 0 aliphatic heterocycles. The molecule has 3 nitrogen and oxygen atoms in total. The summed E-state index contributed by atoms with van der Waals surface area (Å²) in [5.41, 5.74) is 0.365. The fourth-order valence-corrected chi connectivity index (χ4v) is 8.28. The average Bonchev–Trinajstić information content (AvgIpc) is 2.80. The molecule has 4 fully saturated rings. The number of alkyl halides is 1. The minimum absolute atomic E-state index is 0.0126. The van der Waals surface area contributed by atoms with Crippen molar-refractivity contribution in [3.05, 3.63) is 10.1 Å². The van der Waals surface area contributed by atoms with E-state index in [4.69, 9.17) is 0 Å². The van der Waals surface area contributed by atoms with Crippen LogP contribution < -0.4 is 0 Å². The van der Waals surface area contributed by atoms with E-state index in [1.54, 1.807) is 0 Å². The first kappa shape index (κ1) is 16.4. The third-order valence-corrected chi connectivity index (χ3v) is 10.5. The van der Waals surface area contributed by atoms with Crippen molar-refractivity contribution in [2.75, 3.05) is 0 Å². The van der Waals surface area contributed by atoms with Crippen LogP contribution in [0, 0.1) is 44.6 Å². The van der Waals surface area contributed by atoms with E-state index < -0.39 is 4.45 Å². The number of nitro groups is 1. The lowest BCUT2D eigenvalue weighted by atomic mass is 9.45. The molecular formula is C19H30BrNO2. The Morgan fingerprint density at radius 2 is 1.70 bits per heavy atom. The molecule has 23 heavy (non-hydrogen) atoms. The van der Waals surface area contributed by atoms with E-state index in [0.29, 0.717) is 17.8 Å². The van der Waals surface area contributed by atoms with Crippen LogP contribution in [0.5, 0.6) is 0 Å². The van der Waals surface area contributed by atoms with Crippen molar-refractivity contribution >= 4 is 15.9 Å². The summed E-state index contributed by atoms with van der Waals surface area (Å²) in [6.45, 7) is 4.79. The van der Waals surface area contributed by atoms with Crippen LogP contribution in [-0.4, -0.2) is 9.37 Å². The average molecular weight is 384 g/mol. The van der Waals surface area contributed by atoms with Crippen molar-refractivity contribution in [3.63, 3.8) is 0 Å². The number of hydrogen-bond donors (Lipinski definition) is 0. The van der Waals surface area contributed by atoms with E-state index in [9.17, 15) is 10.1 Å². The Morgan fingerprint density at radius 1 is 0.957 bits per heavy atom. The zero-order valence-corrected chi connectivity index (χ0v) is 16.1. The molecule has 4 heteroatoms. The molecule has 0 heterocycles. The van der Waals surface area contributed by atoms with Crippen LogP contribution in [0.15, 0.2) is 0 Å². The molecular weight excluding hydrogens is 354 g/mol. The molecule has 0 amide bonds. The van der Waals surface area contributed by atoms with E-state index in [1.165, 1.54) is 44.9 Å². The van der Waals surface area contributed by atoms with E-state index in [2.05, 4.69) is 29.8 Å². The highest BCUT2D eigenvalue weighted by Crippen LogP contribution is 2.69. The molecule has 0 bridgehead atoms. The molecule has 0 spiro atoms. The van der Waals surface area contributed by atoms with Crippen molar-refractivity contribution in [2.24, 2.45) is 34.5 Å². The van der Waals surface area contributed by atoms with Gasteiger partial charge in [-0.05, 0) is 74.0 Å². The summed E-state index contributed by atoms with van der Waals surface area (Å²) in [6.07, 6.45) is 12.4. The first-order valence-corrected chi connectivity index (χ1v) is 10.5. The van der Waals surface area contributed by atoms with Crippen LogP contribution >= 0.6 is 15.9 Å². The smallest absolute Gasteiger partial charge is 0.263 e. The van der Waals surface area contributed by atoms with Gasteiger partial charge in [0.2, 0.25) is 0 Å². The van der Waals surface area contributed by atoms with Crippen LogP contribution in [0.2, 0.25) is 0 Å². The Labute approximate surface area is 148 Å². The highest BCUT2D eigenvalue weighted by Gasteiger charge is 2.69. The number of halogens is 1. The quantitative estimate of drug-likeness (QED) is 0.249. The summed E-state index contributed by atoms with van der Waals surface area (Å²) >= 11 is 3.61. The fraction of sp³-hybridized carbons (Fsp3) is 1.00. The van der Waals surface area contributed by atoms with Crippen LogP contribution in [0.3, 0.4) is 0 Å². The highest BCUT2D eigenvalue weighted by molar-refractivity contribution is 9.10. The van der Waals surface area contributed by atoms with Gasteiger partial charge in [-0.25, -0.2) is 0 Å². The molecule has 0 aromatic heterocycles. The molecule has 130 valence electrons. The Morgan fingerprint density at radius 3 is 2.43 bits per heavy atom. The minimum atomic E-state index is -0.875. The molecule has 4 aliphatic rings. The molecule has 7 unspecified atom stereocenters. The zero-order chi connectivity index (χ0) is 16.5. The van der Waals surface area contributed by atoms with Gasteiger partial charge in [-0.2, -0.15) is 0 Å². The Bertz CT molecular complexity index is 525. The molecule has 0 aromatic carbocycles. The van der Waals surface area contributed by atoms with Crippen LogP contribution in [0.4, 0.5) is 0 Å². The molecule has 4 saturated carbocycles. The highest BCUT2D eigenvalue weighted by atomic mass is 79.9. The fourth-order valence-electron chi connectivity index (χ4n) is 7.56. The van der Waals surface area contributed by atoms with Gasteiger partial charge >= 0.3 is 0 Å². The summed E-state index contributed by atoms with van der Waals surface area (Å²) < 4.78 is -0.875. The first-order valence-electron chi connectivity index (χ1n) is 9.66. The van der Waals surface area contributed by atoms with Crippen molar-refractivity contribution in [3.8, 4) is 0 Å². The van der Waals surface area contributed by atoms with Crippen molar-refractivity contribution in [2.45, 2.75) is 82.5 Å². The summed E-state index contributed by atoms with van der Waals surface area (Å²) in [4.78, 5) is 11.8. The van der Waals surface area contributed by atoms with Crippen LogP contribution in [-0.2, 0) is 0 Å². The van der Waals surface area contributed by atoms with Gasteiger partial charge in [-0.1, -0.05) is 26.7 Å². The second-order valence-corrected chi connectivity index (χ2v) is 10.7. The van der Waals surface area contributed by atoms with Crippen LogP contribution in [0.25, 0.3) is 0 Å². The van der Waals surface area contributed by atoms with E-state index in [1.807, 2.05) is 0 Å². The summed E-state index contributed by atoms with van der Waals surface area (Å²) in [5.74, 6) is 3.02. The molecule has 0 aromatic rings. The van der Waals surface area contributed by atoms with E-state index in [-0.39, 0.29) is 10.3 Å². The van der Waals surface area contributed by atoms with Gasteiger partial charge in [-0.15, -0.1) is 0 Å². The van der Waals surface area contributed by atoms with Gasteiger partial charge in [0.15, 0.2) is 0 Å². The topological polar surface area (TPSA) is 43.1 Å². The van der Waals surface area contributed by atoms with Gasteiger partial charge in [0.05, 0.1) is 5.41 Å². The van der Waals surface area contributed by atoms with E-state index >= 15 is 0 Å². The van der Waals surface area contributed by atoms with Gasteiger partial charge in [0.25, 0.3) is 4.45 Å². The van der Waals surface area contributed by atoms with Crippen molar-refractivity contribution in [1.82, 2.24) is 0 Å². The second-order valence-electron chi connectivity index (χ2n) is 9.41. The lowest BCUT2D eigenvalue weighted by Gasteiger charge is -2.60. The van der Waals surface area contributed by atoms with E-state index in [0.717, 1.165) is 30.6 Å². The van der Waals surface area contributed by atoms with Gasteiger partial charge in [0, 0.05) is 27.3 Å². The zero-order valence-electron chi connectivity index (χ0n) is 14.5. The van der Waals surface area contributed by atoms with Crippen molar-refractivity contribution < 1.29 is 4.92 Å². The molecule has 0 saturated heterocycles. The van der Waals surface area contributed by atoms with Crippen LogP contribution in [0.1, 0.15) is 78.1 Å². The summed E-state index contributed by atoms with van der Waals surface area (Å²) in [5, 5.41) is 11.8. The Balaban J connectivity index is 1.67. The van der Waals surface area contributed by atoms with Gasteiger partial charge in [0.1, 0.15) is 0 Å². The SMILES string of the molecule is CC12CCCCC1CCC1C2CCC2(C)C1CCC2(Br)[N+](=O)[O-]. The van der Waals surface area contributed by atoms with Crippen molar-refractivity contribution in [1.29, 1.82) is 0 Å². The Kier molecular flexibility index (Phi) is 3.69. The largest absolute Gasteiger partial charge is 0.280 e. The first-order chi connectivity index (χ1) is 10.8. The number of nitrogens with zero attached hydrogens (tertiary/aromatic N) is 1. The minimum Gasteiger partial charge on any atom is -0.263 e. The summed E-state index contributed by atoms with van der Waals surface area (Å²) in [6, 6.07) is 0. The normalized spacial score (nSPS) is 55.6. The lowest BCUT2D eigenvalue weighted by molar-refractivity contribution is -0.554. The maximum absolute atomic E-state index is 11.8. The third-order valence-electron chi connectivity index (χ3n) is 8.92. The third kappa shape index (κ3) is 1.99. The predicted octanol–water partition coefficient (Wildman–Crippen LogP) is 5.79. The number of rotatable bonds is 1.